The number of benzene rings is 1. The first-order valence-electron chi connectivity index (χ1n) is 8.77. The third kappa shape index (κ3) is 5.26. The van der Waals surface area contributed by atoms with Crippen LogP contribution in [0.1, 0.15) is 24.8 Å². The topological polar surface area (TPSA) is 70.7 Å². The molecule has 2 aliphatic heterocycles. The van der Waals surface area contributed by atoms with E-state index < -0.39 is 6.04 Å². The van der Waals surface area contributed by atoms with Crippen LogP contribution < -0.4 is 10.6 Å². The van der Waals surface area contributed by atoms with Gasteiger partial charge in [0, 0.05) is 37.3 Å². The van der Waals surface area contributed by atoms with E-state index in [1.54, 1.807) is 0 Å². The van der Waals surface area contributed by atoms with Crippen LogP contribution in [0.3, 0.4) is 0 Å². The molecule has 2 aliphatic rings. The van der Waals surface area contributed by atoms with Gasteiger partial charge in [-0.25, -0.2) is 0 Å². The predicted molar refractivity (Wildman–Crippen MR) is 98.0 cm³/mol. The van der Waals surface area contributed by atoms with Gasteiger partial charge in [0.1, 0.15) is 0 Å². The summed E-state index contributed by atoms with van der Waals surface area (Å²) in [7, 11) is 0. The maximum Gasteiger partial charge on any atom is 0.240 e. The molecule has 2 fully saturated rings. The molecule has 0 bridgehead atoms. The summed E-state index contributed by atoms with van der Waals surface area (Å²) in [6.07, 6.45) is 2.32. The maximum atomic E-state index is 12.7. The lowest BCUT2D eigenvalue weighted by atomic mass is 10.1. The molecule has 2 saturated heterocycles. The SMILES string of the molecule is O=C(CC1NCCN(Cc2cccc(Br)c2)C1=O)NCC1CCCO1. The fourth-order valence-corrected chi connectivity index (χ4v) is 3.70. The van der Waals surface area contributed by atoms with Gasteiger partial charge in [-0.3, -0.25) is 9.59 Å². The Balaban J connectivity index is 1.50. The van der Waals surface area contributed by atoms with E-state index in [4.69, 9.17) is 4.74 Å². The van der Waals surface area contributed by atoms with Gasteiger partial charge in [0.2, 0.25) is 11.8 Å². The van der Waals surface area contributed by atoms with Crippen LogP contribution in [-0.4, -0.2) is 55.1 Å². The molecule has 7 heteroatoms. The number of ether oxygens (including phenoxy) is 1. The molecule has 2 N–H and O–H groups in total. The van der Waals surface area contributed by atoms with Crippen molar-refractivity contribution in [3.8, 4) is 0 Å². The van der Waals surface area contributed by atoms with Gasteiger partial charge in [0.25, 0.3) is 0 Å². The first-order chi connectivity index (χ1) is 12.1. The molecule has 25 heavy (non-hydrogen) atoms. The van der Waals surface area contributed by atoms with E-state index in [-0.39, 0.29) is 24.3 Å². The van der Waals surface area contributed by atoms with Crippen LogP contribution in [-0.2, 0) is 20.9 Å². The highest BCUT2D eigenvalue weighted by Gasteiger charge is 2.30. The van der Waals surface area contributed by atoms with Crippen LogP contribution in [0.15, 0.2) is 28.7 Å². The Morgan fingerprint density at radius 2 is 2.32 bits per heavy atom. The third-order valence-corrected chi connectivity index (χ3v) is 5.08. The van der Waals surface area contributed by atoms with Crippen LogP contribution in [0.4, 0.5) is 0 Å². The minimum atomic E-state index is -0.453. The van der Waals surface area contributed by atoms with Crippen molar-refractivity contribution < 1.29 is 14.3 Å². The predicted octanol–water partition coefficient (Wildman–Crippen LogP) is 1.43. The van der Waals surface area contributed by atoms with E-state index in [9.17, 15) is 9.59 Å². The Kier molecular flexibility index (Phi) is 6.45. The second kappa shape index (κ2) is 8.78. The molecule has 0 saturated carbocycles. The normalized spacial score (nSPS) is 23.7. The molecule has 2 heterocycles. The number of halogens is 1. The van der Waals surface area contributed by atoms with Crippen molar-refractivity contribution >= 4 is 27.7 Å². The van der Waals surface area contributed by atoms with Crippen LogP contribution in [0.25, 0.3) is 0 Å². The molecule has 1 aromatic carbocycles. The van der Waals surface area contributed by atoms with Gasteiger partial charge >= 0.3 is 0 Å². The number of nitrogens with one attached hydrogen (secondary N) is 2. The molecule has 2 amide bonds. The Bertz CT molecular complexity index is 619. The lowest BCUT2D eigenvalue weighted by Crippen LogP contribution is -2.56. The fourth-order valence-electron chi connectivity index (χ4n) is 3.25. The zero-order valence-electron chi connectivity index (χ0n) is 14.2. The molecule has 0 radical (unpaired) electrons. The highest BCUT2D eigenvalue weighted by atomic mass is 79.9. The summed E-state index contributed by atoms with van der Waals surface area (Å²) in [6, 6.07) is 7.49. The fraction of sp³-hybridized carbons (Fsp3) is 0.556. The Morgan fingerprint density at radius 3 is 3.08 bits per heavy atom. The lowest BCUT2D eigenvalue weighted by Gasteiger charge is -2.33. The van der Waals surface area contributed by atoms with Crippen molar-refractivity contribution in [3.05, 3.63) is 34.3 Å². The largest absolute Gasteiger partial charge is 0.376 e. The zero-order chi connectivity index (χ0) is 17.6. The van der Waals surface area contributed by atoms with Crippen molar-refractivity contribution in [2.24, 2.45) is 0 Å². The molecule has 0 aromatic heterocycles. The van der Waals surface area contributed by atoms with Crippen LogP contribution >= 0.6 is 15.9 Å². The van der Waals surface area contributed by atoms with E-state index in [0.29, 0.717) is 26.2 Å². The van der Waals surface area contributed by atoms with Gasteiger partial charge in [-0.15, -0.1) is 0 Å². The number of hydrogen-bond donors (Lipinski definition) is 2. The minimum Gasteiger partial charge on any atom is -0.376 e. The number of carbonyl (C=O) groups is 2. The minimum absolute atomic E-state index is 0.0153. The van der Waals surface area contributed by atoms with E-state index >= 15 is 0 Å². The molecular weight excluding hydrogens is 386 g/mol. The number of amides is 2. The van der Waals surface area contributed by atoms with Crippen molar-refractivity contribution in [1.82, 2.24) is 15.5 Å². The first-order valence-corrected chi connectivity index (χ1v) is 9.56. The van der Waals surface area contributed by atoms with Gasteiger partial charge in [-0.2, -0.15) is 0 Å². The van der Waals surface area contributed by atoms with Crippen LogP contribution in [0.5, 0.6) is 0 Å². The van der Waals surface area contributed by atoms with Crippen molar-refractivity contribution in [2.75, 3.05) is 26.2 Å². The monoisotopic (exact) mass is 409 g/mol. The standard InChI is InChI=1S/C18H24BrN3O3/c19-14-4-1-3-13(9-14)12-22-7-6-20-16(18(22)24)10-17(23)21-11-15-5-2-8-25-15/h1,3-4,9,15-16,20H,2,5-8,10-12H2,(H,21,23). The summed E-state index contributed by atoms with van der Waals surface area (Å²) in [6.45, 7) is 3.21. The summed E-state index contributed by atoms with van der Waals surface area (Å²) in [5, 5.41) is 6.05. The summed E-state index contributed by atoms with van der Waals surface area (Å²) >= 11 is 3.45. The number of nitrogens with zero attached hydrogens (tertiary/aromatic N) is 1. The lowest BCUT2D eigenvalue weighted by molar-refractivity contribution is -0.138. The Morgan fingerprint density at radius 1 is 1.44 bits per heavy atom. The zero-order valence-corrected chi connectivity index (χ0v) is 15.8. The number of rotatable bonds is 6. The highest BCUT2D eigenvalue weighted by molar-refractivity contribution is 9.10. The summed E-state index contributed by atoms with van der Waals surface area (Å²) in [5.41, 5.74) is 1.08. The average molecular weight is 410 g/mol. The molecule has 6 nitrogen and oxygen atoms in total. The molecule has 0 aliphatic carbocycles. The second-order valence-electron chi connectivity index (χ2n) is 6.54. The van der Waals surface area contributed by atoms with E-state index in [1.807, 2.05) is 29.2 Å². The van der Waals surface area contributed by atoms with E-state index in [0.717, 1.165) is 29.5 Å². The quantitative estimate of drug-likeness (QED) is 0.745. The van der Waals surface area contributed by atoms with Gasteiger partial charge < -0.3 is 20.3 Å². The van der Waals surface area contributed by atoms with Gasteiger partial charge in [0.05, 0.1) is 18.6 Å². The molecule has 136 valence electrons. The van der Waals surface area contributed by atoms with Gasteiger partial charge in [-0.05, 0) is 30.5 Å². The molecule has 3 rings (SSSR count). The average Bonchev–Trinajstić information content (AvgIpc) is 3.10. The number of hydrogen-bond acceptors (Lipinski definition) is 4. The van der Waals surface area contributed by atoms with Crippen molar-refractivity contribution in [3.63, 3.8) is 0 Å². The molecule has 1 aromatic rings. The first kappa shape index (κ1) is 18.4. The Hall–Kier alpha value is -1.44. The highest BCUT2D eigenvalue weighted by Crippen LogP contribution is 2.16. The van der Waals surface area contributed by atoms with Crippen molar-refractivity contribution in [2.45, 2.75) is 38.0 Å². The number of piperazine rings is 1. The molecule has 2 atom stereocenters. The van der Waals surface area contributed by atoms with Crippen LogP contribution in [0, 0.1) is 0 Å². The van der Waals surface area contributed by atoms with Gasteiger partial charge in [0.15, 0.2) is 0 Å². The molecular formula is C18H24BrN3O3. The van der Waals surface area contributed by atoms with Crippen molar-refractivity contribution in [1.29, 1.82) is 0 Å². The van der Waals surface area contributed by atoms with E-state index in [2.05, 4.69) is 26.6 Å². The summed E-state index contributed by atoms with van der Waals surface area (Å²) in [5.74, 6) is -0.121. The summed E-state index contributed by atoms with van der Waals surface area (Å²) in [4.78, 5) is 26.6. The molecule has 0 spiro atoms. The van der Waals surface area contributed by atoms with Crippen LogP contribution in [0.2, 0.25) is 0 Å². The maximum absolute atomic E-state index is 12.7. The Labute approximate surface area is 156 Å². The third-order valence-electron chi connectivity index (χ3n) is 4.59. The second-order valence-corrected chi connectivity index (χ2v) is 7.46. The molecule has 2 unspecified atom stereocenters. The summed E-state index contributed by atoms with van der Waals surface area (Å²) < 4.78 is 6.50. The number of carbonyl (C=O) groups excluding carboxylic acids is 2. The smallest absolute Gasteiger partial charge is 0.240 e. The van der Waals surface area contributed by atoms with Gasteiger partial charge in [-0.1, -0.05) is 28.1 Å². The van der Waals surface area contributed by atoms with E-state index in [1.165, 1.54) is 0 Å².